The van der Waals surface area contributed by atoms with Crippen molar-refractivity contribution in [2.24, 2.45) is 0 Å². The number of benzene rings is 2. The van der Waals surface area contributed by atoms with Crippen molar-refractivity contribution in [3.05, 3.63) is 59.7 Å². The normalized spacial score (nSPS) is 11.3. The number of hydrogen-bond acceptors (Lipinski definition) is 6. The van der Waals surface area contributed by atoms with Gasteiger partial charge >= 0.3 is 5.97 Å². The Labute approximate surface area is 157 Å². The lowest BCUT2D eigenvalue weighted by atomic mass is 10.1. The van der Waals surface area contributed by atoms with Crippen LogP contribution in [0.4, 0.5) is 5.69 Å². The predicted octanol–water partition coefficient (Wildman–Crippen LogP) is 2.30. The third-order valence-corrected chi connectivity index (χ3v) is 5.30. The Bertz CT molecular complexity index is 942. The van der Waals surface area contributed by atoms with Crippen molar-refractivity contribution < 1.29 is 27.6 Å². The van der Waals surface area contributed by atoms with E-state index < -0.39 is 21.9 Å². The predicted molar refractivity (Wildman–Crippen MR) is 98.8 cm³/mol. The maximum Gasteiger partial charge on any atom is 0.338 e. The van der Waals surface area contributed by atoms with Crippen molar-refractivity contribution in [3.63, 3.8) is 0 Å². The molecule has 144 valence electrons. The van der Waals surface area contributed by atoms with E-state index in [0.29, 0.717) is 15.7 Å². The minimum Gasteiger partial charge on any atom is -0.462 e. The Kier molecular flexibility index (Phi) is 6.67. The Morgan fingerprint density at radius 3 is 2.41 bits per heavy atom. The zero-order valence-electron chi connectivity index (χ0n) is 15.1. The second-order valence-corrected chi connectivity index (χ2v) is 7.32. The summed E-state index contributed by atoms with van der Waals surface area (Å²) < 4.78 is 30.2. The number of ether oxygens (including phenoxy) is 1. The third-order valence-electron chi connectivity index (χ3n) is 3.62. The topological polar surface area (TPSA) is 102 Å². The second-order valence-electron chi connectivity index (χ2n) is 5.38. The highest BCUT2D eigenvalue weighted by atomic mass is 32.2. The summed E-state index contributed by atoms with van der Waals surface area (Å²) in [6.45, 7) is 1.94. The number of carbonyl (C=O) groups is 2. The van der Waals surface area contributed by atoms with E-state index >= 15 is 0 Å². The average Bonchev–Trinajstić information content (AvgIpc) is 2.67. The highest BCUT2D eigenvalue weighted by molar-refractivity contribution is 7.89. The molecule has 0 aliphatic carbocycles. The van der Waals surface area contributed by atoms with E-state index in [1.165, 1.54) is 44.5 Å². The molecule has 27 heavy (non-hydrogen) atoms. The first-order chi connectivity index (χ1) is 12.8. The molecule has 8 nitrogen and oxygen atoms in total. The molecule has 0 aromatic heterocycles. The zero-order chi connectivity index (χ0) is 20.0. The first-order valence-corrected chi connectivity index (χ1v) is 9.45. The van der Waals surface area contributed by atoms with E-state index in [4.69, 9.17) is 9.57 Å². The Balaban J connectivity index is 2.24. The van der Waals surface area contributed by atoms with Crippen molar-refractivity contribution in [2.75, 3.05) is 26.1 Å². The van der Waals surface area contributed by atoms with E-state index in [2.05, 4.69) is 5.32 Å². The molecular formula is C18H20N2O6S. The van der Waals surface area contributed by atoms with Crippen LogP contribution in [-0.2, 0) is 19.6 Å². The maximum absolute atomic E-state index is 12.5. The number of sulfonamides is 1. The van der Waals surface area contributed by atoms with Gasteiger partial charge in [0.15, 0.2) is 0 Å². The highest BCUT2D eigenvalue weighted by Gasteiger charge is 2.22. The standard InChI is InChI=1S/C18H20N2O6S/c1-4-26-18(22)14-8-5-9-15(11-14)19-17(21)13-7-6-10-16(12-13)27(23,24)20(2)25-3/h5-12H,4H2,1-3H3,(H,19,21). The van der Waals surface area contributed by atoms with Gasteiger partial charge in [0.05, 0.1) is 24.2 Å². The van der Waals surface area contributed by atoms with Gasteiger partial charge in [0, 0.05) is 18.3 Å². The van der Waals surface area contributed by atoms with Crippen molar-refractivity contribution in [1.82, 2.24) is 4.47 Å². The van der Waals surface area contributed by atoms with Gasteiger partial charge in [-0.3, -0.25) is 9.63 Å². The average molecular weight is 392 g/mol. The van der Waals surface area contributed by atoms with Crippen molar-refractivity contribution >= 4 is 27.6 Å². The number of carbonyl (C=O) groups excluding carboxylic acids is 2. The first kappa shape index (κ1) is 20.6. The van der Waals surface area contributed by atoms with Crippen LogP contribution in [0.2, 0.25) is 0 Å². The summed E-state index contributed by atoms with van der Waals surface area (Å²) in [6.07, 6.45) is 0. The molecule has 2 aromatic rings. The summed E-state index contributed by atoms with van der Waals surface area (Å²) in [6, 6.07) is 11.8. The number of esters is 1. The zero-order valence-corrected chi connectivity index (χ0v) is 15.9. The van der Waals surface area contributed by atoms with E-state index in [-0.39, 0.29) is 17.1 Å². The summed E-state index contributed by atoms with van der Waals surface area (Å²) in [5.74, 6) is -1.02. The molecule has 0 spiro atoms. The number of hydroxylamine groups is 1. The van der Waals surface area contributed by atoms with Crippen LogP contribution in [0.3, 0.4) is 0 Å². The molecule has 1 N–H and O–H groups in total. The van der Waals surface area contributed by atoms with Gasteiger partial charge in [-0.15, -0.1) is 0 Å². The summed E-state index contributed by atoms with van der Waals surface area (Å²) in [7, 11) is -1.39. The van der Waals surface area contributed by atoms with Crippen molar-refractivity contribution in [2.45, 2.75) is 11.8 Å². The van der Waals surface area contributed by atoms with Crippen molar-refractivity contribution in [1.29, 1.82) is 0 Å². The maximum atomic E-state index is 12.5. The molecule has 0 unspecified atom stereocenters. The van der Waals surface area contributed by atoms with Crippen LogP contribution in [0.25, 0.3) is 0 Å². The molecule has 0 fully saturated rings. The molecule has 2 rings (SSSR count). The molecule has 0 saturated carbocycles. The second kappa shape index (κ2) is 8.76. The van der Waals surface area contributed by atoms with E-state index in [1.54, 1.807) is 25.1 Å². The minimum atomic E-state index is -3.87. The third kappa shape index (κ3) is 4.91. The van der Waals surface area contributed by atoms with E-state index in [9.17, 15) is 18.0 Å². The largest absolute Gasteiger partial charge is 0.462 e. The fourth-order valence-corrected chi connectivity index (χ4v) is 3.21. The van der Waals surface area contributed by atoms with Gasteiger partial charge in [0.25, 0.3) is 15.9 Å². The van der Waals surface area contributed by atoms with E-state index in [0.717, 1.165) is 0 Å². The number of nitrogens with one attached hydrogen (secondary N) is 1. The minimum absolute atomic E-state index is 0.0835. The van der Waals surface area contributed by atoms with Gasteiger partial charge in [-0.25, -0.2) is 13.2 Å². The van der Waals surface area contributed by atoms with Gasteiger partial charge in [0.1, 0.15) is 0 Å². The molecule has 2 aromatic carbocycles. The van der Waals surface area contributed by atoms with Gasteiger partial charge < -0.3 is 10.1 Å². The molecule has 1 amide bonds. The van der Waals surface area contributed by atoms with Crippen LogP contribution in [0.15, 0.2) is 53.4 Å². The van der Waals surface area contributed by atoms with Crippen LogP contribution in [-0.4, -0.2) is 45.5 Å². The SMILES string of the molecule is CCOC(=O)c1cccc(NC(=O)c2cccc(S(=O)(=O)N(C)OC)c2)c1. The van der Waals surface area contributed by atoms with Crippen molar-refractivity contribution in [3.8, 4) is 0 Å². The smallest absolute Gasteiger partial charge is 0.338 e. The molecule has 9 heteroatoms. The van der Waals surface area contributed by atoms with Crippen LogP contribution >= 0.6 is 0 Å². The summed E-state index contributed by atoms with van der Waals surface area (Å²) in [5.41, 5.74) is 0.822. The molecular weight excluding hydrogens is 372 g/mol. The van der Waals surface area contributed by atoms with Gasteiger partial charge in [-0.2, -0.15) is 0 Å². The lowest BCUT2D eigenvalue weighted by Gasteiger charge is -2.14. The number of nitrogens with zero attached hydrogens (tertiary/aromatic N) is 1. The van der Waals surface area contributed by atoms with Crippen LogP contribution in [0, 0.1) is 0 Å². The Hall–Kier alpha value is -2.75. The molecule has 0 saturated heterocycles. The van der Waals surface area contributed by atoms with Crippen LogP contribution < -0.4 is 5.32 Å². The fourth-order valence-electron chi connectivity index (χ4n) is 2.19. The van der Waals surface area contributed by atoms with Crippen LogP contribution in [0.1, 0.15) is 27.6 Å². The lowest BCUT2D eigenvalue weighted by Crippen LogP contribution is -2.26. The number of rotatable bonds is 7. The number of hydrogen-bond donors (Lipinski definition) is 1. The van der Waals surface area contributed by atoms with E-state index in [1.807, 2.05) is 0 Å². The number of amides is 1. The first-order valence-electron chi connectivity index (χ1n) is 8.01. The van der Waals surface area contributed by atoms with Gasteiger partial charge in [-0.05, 0) is 43.3 Å². The summed E-state index contributed by atoms with van der Waals surface area (Å²) in [4.78, 5) is 28.9. The monoisotopic (exact) mass is 392 g/mol. The molecule has 0 aliphatic heterocycles. The molecule has 0 bridgehead atoms. The summed E-state index contributed by atoms with van der Waals surface area (Å²) in [5, 5.41) is 2.63. The fraction of sp³-hybridized carbons (Fsp3) is 0.222. The summed E-state index contributed by atoms with van der Waals surface area (Å²) >= 11 is 0. The Morgan fingerprint density at radius 1 is 1.07 bits per heavy atom. The number of anilines is 1. The Morgan fingerprint density at radius 2 is 1.74 bits per heavy atom. The van der Waals surface area contributed by atoms with Crippen LogP contribution in [0.5, 0.6) is 0 Å². The molecule has 0 radical (unpaired) electrons. The quantitative estimate of drug-likeness (QED) is 0.573. The van der Waals surface area contributed by atoms with Gasteiger partial charge in [-0.1, -0.05) is 16.6 Å². The molecule has 0 atom stereocenters. The highest BCUT2D eigenvalue weighted by Crippen LogP contribution is 2.18. The van der Waals surface area contributed by atoms with Gasteiger partial charge in [0.2, 0.25) is 0 Å². The molecule has 0 aliphatic rings. The lowest BCUT2D eigenvalue weighted by molar-refractivity contribution is -0.0258. The molecule has 0 heterocycles.